The molecule has 5 heteroatoms. The molecule has 0 amide bonds. The number of benzene rings is 2. The van der Waals surface area contributed by atoms with E-state index in [9.17, 15) is 9.18 Å². The number of Topliss-reactive ketones (excluding diaryl/α,β-unsaturated/α-hetero) is 1. The Balaban J connectivity index is 2.26. The monoisotopic (exact) mass is 316 g/mol. The van der Waals surface area contributed by atoms with Crippen LogP contribution in [0.2, 0.25) is 15.1 Å². The van der Waals surface area contributed by atoms with Crippen LogP contribution in [-0.4, -0.2) is 5.78 Å². The molecule has 0 saturated heterocycles. The van der Waals surface area contributed by atoms with E-state index in [2.05, 4.69) is 0 Å². The Kier molecular flexibility index (Phi) is 4.46. The molecule has 0 bridgehead atoms. The lowest BCUT2D eigenvalue weighted by Crippen LogP contribution is -2.04. The van der Waals surface area contributed by atoms with Crippen molar-refractivity contribution in [3.8, 4) is 0 Å². The Morgan fingerprint density at radius 2 is 1.79 bits per heavy atom. The fourth-order valence-corrected chi connectivity index (χ4v) is 2.12. The maximum Gasteiger partial charge on any atom is 0.167 e. The summed E-state index contributed by atoms with van der Waals surface area (Å²) in [5, 5.41) is 0.649. The molecule has 0 aliphatic heterocycles. The molecular formula is C14H8Cl3FO. The van der Waals surface area contributed by atoms with Crippen LogP contribution in [0.15, 0.2) is 36.4 Å². The second kappa shape index (κ2) is 5.91. The highest BCUT2D eigenvalue weighted by atomic mass is 35.5. The third-order valence-corrected chi connectivity index (χ3v) is 3.79. The van der Waals surface area contributed by atoms with Crippen LogP contribution in [0.3, 0.4) is 0 Å². The molecule has 0 atom stereocenters. The van der Waals surface area contributed by atoms with Crippen molar-refractivity contribution in [3.63, 3.8) is 0 Å². The van der Waals surface area contributed by atoms with Gasteiger partial charge in [0, 0.05) is 12.0 Å². The van der Waals surface area contributed by atoms with Crippen molar-refractivity contribution in [1.82, 2.24) is 0 Å². The smallest absolute Gasteiger partial charge is 0.167 e. The van der Waals surface area contributed by atoms with Gasteiger partial charge in [0.2, 0.25) is 0 Å². The second-order valence-corrected chi connectivity index (χ2v) is 5.13. The van der Waals surface area contributed by atoms with Gasteiger partial charge in [0.05, 0.1) is 15.1 Å². The number of carbonyl (C=O) groups excluding carboxylic acids is 1. The summed E-state index contributed by atoms with van der Waals surface area (Å²) < 4.78 is 13.3. The Labute approximate surface area is 124 Å². The lowest BCUT2D eigenvalue weighted by atomic mass is 10.0. The van der Waals surface area contributed by atoms with Gasteiger partial charge in [-0.25, -0.2) is 4.39 Å². The summed E-state index contributed by atoms with van der Waals surface area (Å²) in [4.78, 5) is 12.1. The van der Waals surface area contributed by atoms with E-state index in [0.717, 1.165) is 0 Å². The highest BCUT2D eigenvalue weighted by molar-refractivity contribution is 6.42. The molecule has 98 valence electrons. The van der Waals surface area contributed by atoms with Gasteiger partial charge in [0.15, 0.2) is 5.78 Å². The number of halogens is 4. The third kappa shape index (κ3) is 3.27. The first-order valence-corrected chi connectivity index (χ1v) is 6.53. The van der Waals surface area contributed by atoms with Crippen molar-refractivity contribution in [2.45, 2.75) is 6.42 Å². The zero-order chi connectivity index (χ0) is 14.0. The number of carbonyl (C=O) groups is 1. The van der Waals surface area contributed by atoms with Crippen LogP contribution < -0.4 is 0 Å². The fourth-order valence-electron chi connectivity index (χ4n) is 1.63. The predicted octanol–water partition coefficient (Wildman–Crippen LogP) is 5.21. The Morgan fingerprint density at radius 3 is 2.47 bits per heavy atom. The van der Waals surface area contributed by atoms with E-state index in [1.54, 1.807) is 18.2 Å². The van der Waals surface area contributed by atoms with Gasteiger partial charge in [-0.15, -0.1) is 0 Å². The van der Waals surface area contributed by atoms with Crippen LogP contribution >= 0.6 is 34.8 Å². The van der Waals surface area contributed by atoms with Gasteiger partial charge in [0.1, 0.15) is 5.82 Å². The molecule has 1 nitrogen and oxygen atoms in total. The quantitative estimate of drug-likeness (QED) is 0.710. The first-order chi connectivity index (χ1) is 8.99. The predicted molar refractivity (Wildman–Crippen MR) is 75.9 cm³/mol. The Bertz CT molecular complexity index is 641. The van der Waals surface area contributed by atoms with Gasteiger partial charge in [-0.2, -0.15) is 0 Å². The molecule has 0 saturated carbocycles. The summed E-state index contributed by atoms with van der Waals surface area (Å²) >= 11 is 17.4. The molecule has 0 aromatic heterocycles. The maximum atomic E-state index is 13.3. The standard InChI is InChI=1S/C14H8Cl3FO/c15-10-5-4-8(6-11(10)16)13(19)7-9-2-1-3-12(18)14(9)17/h1-6H,7H2. The summed E-state index contributed by atoms with van der Waals surface area (Å²) in [6.07, 6.45) is 0.00849. The molecule has 2 aromatic rings. The van der Waals surface area contributed by atoms with E-state index in [4.69, 9.17) is 34.8 Å². The minimum atomic E-state index is -0.541. The molecule has 0 radical (unpaired) electrons. The van der Waals surface area contributed by atoms with Gasteiger partial charge < -0.3 is 0 Å². The summed E-state index contributed by atoms with van der Waals surface area (Å²) in [6, 6.07) is 8.97. The molecule has 2 rings (SSSR count). The zero-order valence-corrected chi connectivity index (χ0v) is 11.9. The fraction of sp³-hybridized carbons (Fsp3) is 0.0714. The molecule has 0 N–H and O–H groups in total. The van der Waals surface area contributed by atoms with Crippen LogP contribution in [0.25, 0.3) is 0 Å². The molecule has 0 heterocycles. The Hall–Kier alpha value is -1.09. The summed E-state index contributed by atoms with van der Waals surface area (Å²) in [6.45, 7) is 0. The minimum absolute atomic E-state index is 0.00849. The molecular weight excluding hydrogens is 310 g/mol. The number of ketones is 1. The molecule has 0 aliphatic rings. The molecule has 0 unspecified atom stereocenters. The number of hydrogen-bond acceptors (Lipinski definition) is 1. The van der Waals surface area contributed by atoms with Crippen LogP contribution in [-0.2, 0) is 6.42 Å². The maximum absolute atomic E-state index is 13.3. The summed E-state index contributed by atoms with van der Waals surface area (Å²) in [5.74, 6) is -0.743. The Morgan fingerprint density at radius 1 is 1.05 bits per heavy atom. The highest BCUT2D eigenvalue weighted by Gasteiger charge is 2.13. The van der Waals surface area contributed by atoms with Crippen molar-refractivity contribution < 1.29 is 9.18 Å². The van der Waals surface area contributed by atoms with Crippen LogP contribution in [0, 0.1) is 5.82 Å². The van der Waals surface area contributed by atoms with Crippen molar-refractivity contribution in [2.75, 3.05) is 0 Å². The average Bonchev–Trinajstić information content (AvgIpc) is 2.38. The van der Waals surface area contributed by atoms with Crippen molar-refractivity contribution in [2.24, 2.45) is 0 Å². The van der Waals surface area contributed by atoms with Crippen molar-refractivity contribution in [3.05, 3.63) is 68.4 Å². The lowest BCUT2D eigenvalue weighted by molar-refractivity contribution is 0.0993. The minimum Gasteiger partial charge on any atom is -0.294 e. The molecule has 19 heavy (non-hydrogen) atoms. The number of hydrogen-bond donors (Lipinski definition) is 0. The second-order valence-electron chi connectivity index (χ2n) is 3.94. The first-order valence-electron chi connectivity index (χ1n) is 5.40. The van der Waals surface area contributed by atoms with Crippen LogP contribution in [0.5, 0.6) is 0 Å². The summed E-state index contributed by atoms with van der Waals surface area (Å²) in [5.41, 5.74) is 0.854. The normalized spacial score (nSPS) is 10.5. The van der Waals surface area contributed by atoms with Gasteiger partial charge in [-0.1, -0.05) is 46.9 Å². The largest absolute Gasteiger partial charge is 0.294 e. The van der Waals surface area contributed by atoms with Gasteiger partial charge in [0.25, 0.3) is 0 Å². The highest BCUT2D eigenvalue weighted by Crippen LogP contribution is 2.25. The topological polar surface area (TPSA) is 17.1 Å². The average molecular weight is 318 g/mol. The van der Waals surface area contributed by atoms with E-state index < -0.39 is 5.82 Å². The van der Waals surface area contributed by atoms with Gasteiger partial charge in [-0.3, -0.25) is 4.79 Å². The van der Waals surface area contributed by atoms with E-state index in [1.807, 2.05) is 0 Å². The SMILES string of the molecule is O=C(Cc1cccc(F)c1Cl)c1ccc(Cl)c(Cl)c1. The van der Waals surface area contributed by atoms with Gasteiger partial charge in [-0.05, 0) is 29.8 Å². The lowest BCUT2D eigenvalue weighted by Gasteiger charge is -2.05. The molecule has 0 aliphatic carbocycles. The van der Waals surface area contributed by atoms with Crippen molar-refractivity contribution in [1.29, 1.82) is 0 Å². The number of rotatable bonds is 3. The van der Waals surface area contributed by atoms with Crippen LogP contribution in [0.1, 0.15) is 15.9 Å². The van der Waals surface area contributed by atoms with Crippen molar-refractivity contribution >= 4 is 40.6 Å². The van der Waals surface area contributed by atoms with Crippen LogP contribution in [0.4, 0.5) is 4.39 Å². The summed E-state index contributed by atoms with van der Waals surface area (Å²) in [7, 11) is 0. The molecule has 0 spiro atoms. The molecule has 0 fully saturated rings. The van der Waals surface area contributed by atoms with E-state index >= 15 is 0 Å². The van der Waals surface area contributed by atoms with E-state index in [0.29, 0.717) is 21.2 Å². The third-order valence-electron chi connectivity index (χ3n) is 2.62. The first kappa shape index (κ1) is 14.3. The molecule has 2 aromatic carbocycles. The van der Waals surface area contributed by atoms with E-state index in [-0.39, 0.29) is 17.2 Å². The van der Waals surface area contributed by atoms with E-state index in [1.165, 1.54) is 18.2 Å². The van der Waals surface area contributed by atoms with Gasteiger partial charge >= 0.3 is 0 Å². The zero-order valence-electron chi connectivity index (χ0n) is 9.59.